The van der Waals surface area contributed by atoms with Crippen molar-refractivity contribution < 1.29 is 4.74 Å². The highest BCUT2D eigenvalue weighted by Crippen LogP contribution is 2.23. The molecular weight excluding hydrogens is 240 g/mol. The van der Waals surface area contributed by atoms with Crippen LogP contribution in [0.4, 0.5) is 17.5 Å². The van der Waals surface area contributed by atoms with Gasteiger partial charge in [-0.2, -0.15) is 4.98 Å². The van der Waals surface area contributed by atoms with Gasteiger partial charge in [0.05, 0.1) is 12.3 Å². The number of aromatic nitrogens is 2. The smallest absolute Gasteiger partial charge is 0.222 e. The predicted molar refractivity (Wildman–Crippen MR) is 76.4 cm³/mol. The van der Waals surface area contributed by atoms with Crippen molar-refractivity contribution in [1.82, 2.24) is 9.97 Å². The lowest BCUT2D eigenvalue weighted by atomic mass is 10.2. The molecule has 0 bridgehead atoms. The van der Waals surface area contributed by atoms with E-state index in [4.69, 9.17) is 10.5 Å². The maximum Gasteiger partial charge on any atom is 0.222 e. The average molecular weight is 258 g/mol. The Hall–Kier alpha value is -2.14. The molecule has 2 aromatic rings. The number of anilines is 3. The number of hydrogen-bond donors (Lipinski definition) is 2. The Morgan fingerprint density at radius 1 is 1.21 bits per heavy atom. The Morgan fingerprint density at radius 2 is 1.95 bits per heavy atom. The number of rotatable bonds is 4. The summed E-state index contributed by atoms with van der Waals surface area (Å²) in [7, 11) is 1.63. The van der Waals surface area contributed by atoms with Crippen molar-refractivity contribution in [3.05, 3.63) is 41.1 Å². The lowest BCUT2D eigenvalue weighted by molar-refractivity contribution is 0.181. The number of aryl methyl sites for hydroxylation is 1. The highest BCUT2D eigenvalue weighted by molar-refractivity contribution is 5.63. The minimum absolute atomic E-state index is 0.244. The molecule has 0 aliphatic heterocycles. The Kier molecular flexibility index (Phi) is 3.97. The van der Waals surface area contributed by atoms with Gasteiger partial charge in [-0.25, -0.2) is 4.98 Å². The second kappa shape index (κ2) is 5.67. The number of hydrogen-bond acceptors (Lipinski definition) is 5. The summed E-state index contributed by atoms with van der Waals surface area (Å²) < 4.78 is 5.12. The molecule has 1 aromatic heterocycles. The van der Waals surface area contributed by atoms with E-state index in [-0.39, 0.29) is 5.95 Å². The van der Waals surface area contributed by atoms with Crippen molar-refractivity contribution in [2.75, 3.05) is 18.2 Å². The van der Waals surface area contributed by atoms with Crippen molar-refractivity contribution >= 4 is 17.5 Å². The lowest BCUT2D eigenvalue weighted by Crippen LogP contribution is -2.08. The first-order chi connectivity index (χ1) is 9.11. The molecule has 1 heterocycles. The molecule has 1 aromatic carbocycles. The summed E-state index contributed by atoms with van der Waals surface area (Å²) >= 11 is 0. The highest BCUT2D eigenvalue weighted by Gasteiger charge is 2.10. The first kappa shape index (κ1) is 13.3. The third-order valence-corrected chi connectivity index (χ3v) is 2.94. The number of nitrogens with zero attached hydrogens (tertiary/aromatic N) is 2. The van der Waals surface area contributed by atoms with Crippen LogP contribution in [0.25, 0.3) is 0 Å². The van der Waals surface area contributed by atoms with Crippen molar-refractivity contribution in [3.63, 3.8) is 0 Å². The summed E-state index contributed by atoms with van der Waals surface area (Å²) in [4.78, 5) is 8.44. The molecule has 2 rings (SSSR count). The zero-order valence-electron chi connectivity index (χ0n) is 11.4. The summed E-state index contributed by atoms with van der Waals surface area (Å²) in [6.45, 7) is 4.41. The van der Waals surface area contributed by atoms with Crippen LogP contribution in [0.2, 0.25) is 0 Å². The van der Waals surface area contributed by atoms with Crippen LogP contribution < -0.4 is 11.1 Å². The number of methoxy groups -OCH3 is 1. The number of benzene rings is 1. The summed E-state index contributed by atoms with van der Waals surface area (Å²) in [6, 6.07) is 8.02. The molecule has 0 atom stereocenters. The van der Waals surface area contributed by atoms with Gasteiger partial charge in [0, 0.05) is 18.4 Å². The molecule has 0 spiro atoms. The van der Waals surface area contributed by atoms with Crippen LogP contribution in [0.3, 0.4) is 0 Å². The van der Waals surface area contributed by atoms with E-state index in [1.807, 2.05) is 38.1 Å². The van der Waals surface area contributed by atoms with Gasteiger partial charge < -0.3 is 15.8 Å². The Labute approximate surface area is 112 Å². The second-order valence-electron chi connectivity index (χ2n) is 4.38. The van der Waals surface area contributed by atoms with Gasteiger partial charge in [-0.05, 0) is 25.5 Å². The molecule has 0 fully saturated rings. The average Bonchev–Trinajstić information content (AvgIpc) is 2.38. The van der Waals surface area contributed by atoms with Crippen LogP contribution in [-0.4, -0.2) is 17.1 Å². The largest absolute Gasteiger partial charge is 0.378 e. The van der Waals surface area contributed by atoms with Gasteiger partial charge >= 0.3 is 0 Å². The lowest BCUT2D eigenvalue weighted by Gasteiger charge is -2.13. The molecule has 100 valence electrons. The summed E-state index contributed by atoms with van der Waals surface area (Å²) in [5.74, 6) is 0.961. The minimum Gasteiger partial charge on any atom is -0.378 e. The van der Waals surface area contributed by atoms with Gasteiger partial charge in [0.15, 0.2) is 0 Å². The minimum atomic E-state index is 0.244. The fourth-order valence-corrected chi connectivity index (χ4v) is 1.82. The van der Waals surface area contributed by atoms with Crippen LogP contribution in [0.15, 0.2) is 24.3 Å². The molecule has 5 nitrogen and oxygen atoms in total. The number of nitrogens with two attached hydrogens (primary N) is 1. The summed E-state index contributed by atoms with van der Waals surface area (Å²) in [5.41, 5.74) is 9.63. The molecule has 19 heavy (non-hydrogen) atoms. The first-order valence-corrected chi connectivity index (χ1v) is 6.06. The maximum absolute atomic E-state index is 5.73. The zero-order chi connectivity index (χ0) is 13.8. The zero-order valence-corrected chi connectivity index (χ0v) is 11.4. The Bertz CT molecular complexity index is 584. The molecule has 0 saturated carbocycles. The Morgan fingerprint density at radius 3 is 2.63 bits per heavy atom. The third kappa shape index (κ3) is 3.00. The Balaban J connectivity index is 2.37. The highest BCUT2D eigenvalue weighted by atomic mass is 16.5. The normalized spacial score (nSPS) is 10.5. The number of nitrogen functional groups attached to an aromatic ring is 1. The van der Waals surface area contributed by atoms with E-state index in [2.05, 4.69) is 15.3 Å². The van der Waals surface area contributed by atoms with Crippen molar-refractivity contribution in [2.24, 2.45) is 0 Å². The quantitative estimate of drug-likeness (QED) is 0.881. The van der Waals surface area contributed by atoms with Crippen molar-refractivity contribution in [3.8, 4) is 0 Å². The molecule has 0 radical (unpaired) electrons. The van der Waals surface area contributed by atoms with Gasteiger partial charge in [0.2, 0.25) is 5.95 Å². The molecule has 0 amide bonds. The van der Waals surface area contributed by atoms with Crippen LogP contribution in [0.1, 0.15) is 16.8 Å². The second-order valence-corrected chi connectivity index (χ2v) is 4.38. The fraction of sp³-hybridized carbons (Fsp3) is 0.286. The van der Waals surface area contributed by atoms with Gasteiger partial charge in [-0.3, -0.25) is 0 Å². The van der Waals surface area contributed by atoms with Crippen molar-refractivity contribution in [1.29, 1.82) is 0 Å². The number of para-hydroxylation sites is 1. The number of nitrogens with one attached hydrogen (secondary N) is 1. The molecule has 5 heteroatoms. The van der Waals surface area contributed by atoms with Crippen LogP contribution in [0, 0.1) is 13.8 Å². The third-order valence-electron chi connectivity index (χ3n) is 2.94. The van der Waals surface area contributed by atoms with E-state index in [0.717, 1.165) is 22.5 Å². The standard InChI is InChI=1S/C14H18N4O/c1-9-6-4-5-7-11(9)16-13-10(2)12(8-19-3)17-14(15)18-13/h4-7H,8H2,1-3H3,(H3,15,16,17,18). The van der Waals surface area contributed by atoms with Crippen LogP contribution >= 0.6 is 0 Å². The van der Waals surface area contributed by atoms with E-state index in [9.17, 15) is 0 Å². The van der Waals surface area contributed by atoms with E-state index in [1.165, 1.54) is 0 Å². The topological polar surface area (TPSA) is 73.1 Å². The van der Waals surface area contributed by atoms with E-state index >= 15 is 0 Å². The molecule has 0 unspecified atom stereocenters. The number of ether oxygens (including phenoxy) is 1. The predicted octanol–water partition coefficient (Wildman–Crippen LogP) is 2.57. The van der Waals surface area contributed by atoms with Gasteiger partial charge in [0.25, 0.3) is 0 Å². The summed E-state index contributed by atoms with van der Waals surface area (Å²) in [5, 5.41) is 3.29. The van der Waals surface area contributed by atoms with Crippen molar-refractivity contribution in [2.45, 2.75) is 20.5 Å². The molecule has 0 saturated heterocycles. The summed E-state index contributed by atoms with van der Waals surface area (Å²) in [6.07, 6.45) is 0. The molecular formula is C14H18N4O. The SMILES string of the molecule is COCc1nc(N)nc(Nc2ccccc2C)c1C. The molecule has 3 N–H and O–H groups in total. The van der Waals surface area contributed by atoms with Gasteiger partial charge in [-0.15, -0.1) is 0 Å². The fourth-order valence-electron chi connectivity index (χ4n) is 1.82. The van der Waals surface area contributed by atoms with E-state index < -0.39 is 0 Å². The van der Waals surface area contributed by atoms with Gasteiger partial charge in [-0.1, -0.05) is 18.2 Å². The molecule has 0 aliphatic rings. The maximum atomic E-state index is 5.73. The van der Waals surface area contributed by atoms with E-state index in [1.54, 1.807) is 7.11 Å². The first-order valence-electron chi connectivity index (χ1n) is 6.06. The van der Waals surface area contributed by atoms with Gasteiger partial charge in [0.1, 0.15) is 5.82 Å². The van der Waals surface area contributed by atoms with E-state index in [0.29, 0.717) is 12.4 Å². The monoisotopic (exact) mass is 258 g/mol. The van der Waals surface area contributed by atoms with Crippen LogP contribution in [0.5, 0.6) is 0 Å². The van der Waals surface area contributed by atoms with Crippen LogP contribution in [-0.2, 0) is 11.3 Å². The molecule has 0 aliphatic carbocycles.